The molecule has 0 radical (unpaired) electrons. The highest BCUT2D eigenvalue weighted by atomic mass is 32.2. The van der Waals surface area contributed by atoms with Gasteiger partial charge in [-0.3, -0.25) is 14.5 Å². The maximum atomic E-state index is 12.6. The van der Waals surface area contributed by atoms with Crippen LogP contribution in [0.15, 0.2) is 47.5 Å². The van der Waals surface area contributed by atoms with Crippen molar-refractivity contribution in [2.75, 3.05) is 22.9 Å². The molecule has 2 aromatic rings. The van der Waals surface area contributed by atoms with Crippen molar-refractivity contribution in [2.45, 2.75) is 43.5 Å². The zero-order valence-electron chi connectivity index (χ0n) is 16.6. The number of anilines is 2. The van der Waals surface area contributed by atoms with Crippen LogP contribution in [0.1, 0.15) is 37.7 Å². The van der Waals surface area contributed by atoms with E-state index >= 15 is 0 Å². The number of carbonyl (C=O) groups excluding carboxylic acids is 2. The fourth-order valence-corrected chi connectivity index (χ4v) is 4.75. The molecule has 0 aliphatic carbocycles. The number of hydrogen-bond donors (Lipinski definition) is 1. The van der Waals surface area contributed by atoms with Crippen molar-refractivity contribution in [3.8, 4) is 0 Å². The van der Waals surface area contributed by atoms with E-state index in [-0.39, 0.29) is 36.1 Å². The number of carbonyl (C=O) groups is 2. The second kappa shape index (κ2) is 8.53. The summed E-state index contributed by atoms with van der Waals surface area (Å²) >= 11 is 0. The van der Waals surface area contributed by atoms with Gasteiger partial charge in [0.15, 0.2) is 0 Å². The Kier molecular flexibility index (Phi) is 5.83. The molecule has 1 aromatic carbocycles. The molecular formula is C21H24N4O4S. The van der Waals surface area contributed by atoms with Gasteiger partial charge in [-0.25, -0.2) is 18.1 Å². The maximum Gasteiger partial charge on any atom is 0.240 e. The first kappa shape index (κ1) is 20.5. The number of piperidine rings is 1. The minimum atomic E-state index is -3.73. The summed E-state index contributed by atoms with van der Waals surface area (Å²) in [5, 5.41) is 0. The molecule has 2 saturated heterocycles. The van der Waals surface area contributed by atoms with E-state index in [4.69, 9.17) is 0 Å². The summed E-state index contributed by atoms with van der Waals surface area (Å²) in [6.07, 6.45) is 5.66. The predicted octanol–water partition coefficient (Wildman–Crippen LogP) is 2.20. The largest absolute Gasteiger partial charge is 0.357 e. The topological polar surface area (TPSA) is 99.7 Å². The lowest BCUT2D eigenvalue weighted by molar-refractivity contribution is -0.121. The van der Waals surface area contributed by atoms with Crippen molar-refractivity contribution >= 4 is 33.3 Å². The molecule has 158 valence electrons. The predicted molar refractivity (Wildman–Crippen MR) is 112 cm³/mol. The van der Waals surface area contributed by atoms with Gasteiger partial charge in [0, 0.05) is 38.7 Å². The molecule has 1 aromatic heterocycles. The SMILES string of the molecule is O=C1CCC(=O)N1c1ccc(S(=O)(=O)NCc2ccc(N3CCCCC3)nc2)cc1. The van der Waals surface area contributed by atoms with E-state index < -0.39 is 10.0 Å². The van der Waals surface area contributed by atoms with E-state index in [1.165, 1.54) is 43.5 Å². The van der Waals surface area contributed by atoms with Crippen LogP contribution in [0.25, 0.3) is 0 Å². The van der Waals surface area contributed by atoms with Crippen LogP contribution in [0, 0.1) is 0 Å². The Morgan fingerprint density at radius 1 is 0.900 bits per heavy atom. The maximum absolute atomic E-state index is 12.6. The van der Waals surface area contributed by atoms with Crippen LogP contribution >= 0.6 is 0 Å². The third-order valence-corrected chi connectivity index (χ3v) is 6.83. The number of sulfonamides is 1. The summed E-state index contributed by atoms with van der Waals surface area (Å²) in [4.78, 5) is 31.5. The van der Waals surface area contributed by atoms with Gasteiger partial charge in [-0.1, -0.05) is 6.07 Å². The van der Waals surface area contributed by atoms with E-state index in [1.54, 1.807) is 6.20 Å². The van der Waals surface area contributed by atoms with Gasteiger partial charge in [-0.15, -0.1) is 0 Å². The molecule has 2 aliphatic heterocycles. The first-order valence-corrected chi connectivity index (χ1v) is 11.6. The number of pyridine rings is 1. The van der Waals surface area contributed by atoms with Crippen LogP contribution in [0.2, 0.25) is 0 Å². The number of imide groups is 1. The number of nitrogens with zero attached hydrogens (tertiary/aromatic N) is 3. The van der Waals surface area contributed by atoms with Gasteiger partial charge in [0.2, 0.25) is 21.8 Å². The van der Waals surface area contributed by atoms with Crippen LogP contribution in [0.3, 0.4) is 0 Å². The third kappa shape index (κ3) is 4.36. The van der Waals surface area contributed by atoms with Gasteiger partial charge in [0.1, 0.15) is 5.82 Å². The van der Waals surface area contributed by atoms with Gasteiger partial charge in [0.25, 0.3) is 0 Å². The molecule has 2 amide bonds. The monoisotopic (exact) mass is 428 g/mol. The van der Waals surface area contributed by atoms with E-state index in [9.17, 15) is 18.0 Å². The molecule has 0 unspecified atom stereocenters. The van der Waals surface area contributed by atoms with Gasteiger partial charge >= 0.3 is 0 Å². The van der Waals surface area contributed by atoms with Gasteiger partial charge in [0.05, 0.1) is 10.6 Å². The summed E-state index contributed by atoms with van der Waals surface area (Å²) in [5.74, 6) is 0.381. The van der Waals surface area contributed by atoms with Crippen LogP contribution in [-0.2, 0) is 26.2 Å². The lowest BCUT2D eigenvalue weighted by atomic mass is 10.1. The molecule has 2 fully saturated rings. The number of rotatable bonds is 6. The minimum Gasteiger partial charge on any atom is -0.357 e. The molecule has 0 spiro atoms. The number of hydrogen-bond acceptors (Lipinski definition) is 6. The van der Waals surface area contributed by atoms with Crippen LogP contribution in [0.5, 0.6) is 0 Å². The minimum absolute atomic E-state index is 0.0724. The Balaban J connectivity index is 1.39. The van der Waals surface area contributed by atoms with Gasteiger partial charge in [-0.05, 0) is 55.2 Å². The molecule has 8 nitrogen and oxygen atoms in total. The zero-order valence-corrected chi connectivity index (χ0v) is 17.4. The summed E-state index contributed by atoms with van der Waals surface area (Å²) in [5.41, 5.74) is 1.16. The molecule has 0 atom stereocenters. The number of amides is 2. The smallest absolute Gasteiger partial charge is 0.240 e. The second-order valence-electron chi connectivity index (χ2n) is 7.51. The van der Waals surface area contributed by atoms with Crippen molar-refractivity contribution in [3.63, 3.8) is 0 Å². The average molecular weight is 429 g/mol. The molecule has 0 bridgehead atoms. The highest BCUT2D eigenvalue weighted by molar-refractivity contribution is 7.89. The van der Waals surface area contributed by atoms with Crippen molar-refractivity contribution in [1.29, 1.82) is 0 Å². The third-order valence-electron chi connectivity index (χ3n) is 5.41. The molecule has 3 heterocycles. The molecule has 30 heavy (non-hydrogen) atoms. The Bertz CT molecular complexity index is 1010. The fourth-order valence-electron chi connectivity index (χ4n) is 3.73. The summed E-state index contributed by atoms with van der Waals surface area (Å²) in [7, 11) is -3.73. The van der Waals surface area contributed by atoms with Crippen LogP contribution in [-0.4, -0.2) is 38.3 Å². The summed E-state index contributed by atoms with van der Waals surface area (Å²) < 4.78 is 27.8. The summed E-state index contributed by atoms with van der Waals surface area (Å²) in [6.45, 7) is 2.13. The van der Waals surface area contributed by atoms with Crippen molar-refractivity contribution < 1.29 is 18.0 Å². The zero-order chi connectivity index (χ0) is 21.1. The van der Waals surface area contributed by atoms with E-state index in [0.717, 1.165) is 29.4 Å². The Morgan fingerprint density at radius 2 is 1.57 bits per heavy atom. The standard InChI is InChI=1S/C21H24N4O4S/c26-20-10-11-21(27)25(20)17-5-7-18(8-6-17)30(28,29)23-15-16-4-9-19(22-14-16)24-12-2-1-3-13-24/h4-9,14,23H,1-3,10-13,15H2. The van der Waals surface area contributed by atoms with Crippen molar-refractivity contribution in [1.82, 2.24) is 9.71 Å². The first-order chi connectivity index (χ1) is 14.4. The quantitative estimate of drug-likeness (QED) is 0.708. The van der Waals surface area contributed by atoms with E-state index in [0.29, 0.717) is 5.69 Å². The van der Waals surface area contributed by atoms with E-state index in [2.05, 4.69) is 14.6 Å². The highest BCUT2D eigenvalue weighted by Crippen LogP contribution is 2.24. The van der Waals surface area contributed by atoms with Gasteiger partial charge < -0.3 is 4.90 Å². The summed E-state index contributed by atoms with van der Waals surface area (Å²) in [6, 6.07) is 9.55. The lowest BCUT2D eigenvalue weighted by Crippen LogP contribution is -2.30. The Morgan fingerprint density at radius 3 is 2.17 bits per heavy atom. The van der Waals surface area contributed by atoms with Crippen molar-refractivity contribution in [2.24, 2.45) is 0 Å². The number of aromatic nitrogens is 1. The van der Waals surface area contributed by atoms with Gasteiger partial charge in [-0.2, -0.15) is 0 Å². The van der Waals surface area contributed by atoms with Crippen LogP contribution in [0.4, 0.5) is 11.5 Å². The number of benzene rings is 1. The Hall–Kier alpha value is -2.78. The molecular weight excluding hydrogens is 404 g/mol. The number of nitrogens with one attached hydrogen (secondary N) is 1. The molecule has 9 heteroatoms. The molecule has 2 aliphatic rings. The fraction of sp³-hybridized carbons (Fsp3) is 0.381. The molecule has 4 rings (SSSR count). The van der Waals surface area contributed by atoms with Crippen LogP contribution < -0.4 is 14.5 Å². The molecule has 0 saturated carbocycles. The van der Waals surface area contributed by atoms with E-state index in [1.807, 2.05) is 12.1 Å². The second-order valence-corrected chi connectivity index (χ2v) is 9.28. The normalized spacial score (nSPS) is 17.6. The van der Waals surface area contributed by atoms with Crippen molar-refractivity contribution in [3.05, 3.63) is 48.2 Å². The lowest BCUT2D eigenvalue weighted by Gasteiger charge is -2.27. The highest BCUT2D eigenvalue weighted by Gasteiger charge is 2.30. The average Bonchev–Trinajstić information content (AvgIpc) is 3.11. The first-order valence-electron chi connectivity index (χ1n) is 10.1. The molecule has 1 N–H and O–H groups in total. The Labute approximate surface area is 175 Å².